The Balaban J connectivity index is 1.21. The molecular weight excluding hydrogens is 382 g/mol. The minimum Gasteiger partial charge on any atom is -0.322 e. The topological polar surface area (TPSA) is 85.0 Å². The van der Waals surface area contributed by atoms with Crippen molar-refractivity contribution in [1.82, 2.24) is 25.3 Å². The van der Waals surface area contributed by atoms with Gasteiger partial charge >= 0.3 is 0 Å². The van der Waals surface area contributed by atoms with Gasteiger partial charge in [0.25, 0.3) is 5.91 Å². The molecule has 1 aromatic carbocycles. The van der Waals surface area contributed by atoms with Crippen molar-refractivity contribution < 1.29 is 14.4 Å². The molecule has 0 radical (unpaired) electrons. The summed E-state index contributed by atoms with van der Waals surface area (Å²) in [5.41, 5.74) is 2.79. The van der Waals surface area contributed by atoms with E-state index in [2.05, 4.69) is 20.4 Å². The van der Waals surface area contributed by atoms with E-state index in [1.165, 1.54) is 0 Å². The average molecular weight is 412 g/mol. The standard InChI is InChI=1S/C22H29N5O3/c28-19-5-4-18(21(29)24-19)27-14-17-3-1-2-16(20(17)22(27)30)13-26-11-15(12-26)10-25-8-6-23-7-9-25/h1-3,15,18,23H,4-14H2,(H,24,28,29). The second-order valence-electron chi connectivity index (χ2n) is 8.96. The highest BCUT2D eigenvalue weighted by Gasteiger charge is 2.40. The third-order valence-corrected chi connectivity index (χ3v) is 6.79. The first-order valence-corrected chi connectivity index (χ1v) is 11.0. The van der Waals surface area contributed by atoms with Gasteiger partial charge in [-0.3, -0.25) is 24.6 Å². The van der Waals surface area contributed by atoms with Crippen molar-refractivity contribution >= 4 is 17.7 Å². The van der Waals surface area contributed by atoms with Gasteiger partial charge in [0, 0.05) is 70.9 Å². The molecule has 5 rings (SSSR count). The highest BCUT2D eigenvalue weighted by molar-refractivity contribution is 6.05. The lowest BCUT2D eigenvalue weighted by Crippen LogP contribution is -2.54. The van der Waals surface area contributed by atoms with E-state index in [0.29, 0.717) is 18.9 Å². The van der Waals surface area contributed by atoms with Gasteiger partial charge in [0.1, 0.15) is 6.04 Å². The van der Waals surface area contributed by atoms with Crippen molar-refractivity contribution in [2.75, 3.05) is 45.8 Å². The number of hydrogen-bond acceptors (Lipinski definition) is 6. The molecule has 4 aliphatic heterocycles. The molecule has 1 aromatic rings. The van der Waals surface area contributed by atoms with Crippen LogP contribution in [0.4, 0.5) is 0 Å². The van der Waals surface area contributed by atoms with Crippen molar-refractivity contribution in [2.24, 2.45) is 5.92 Å². The zero-order valence-corrected chi connectivity index (χ0v) is 17.2. The Morgan fingerprint density at radius 2 is 1.83 bits per heavy atom. The summed E-state index contributed by atoms with van der Waals surface area (Å²) in [4.78, 5) is 43.5. The van der Waals surface area contributed by atoms with Crippen LogP contribution in [0.3, 0.4) is 0 Å². The third kappa shape index (κ3) is 3.75. The molecule has 2 N–H and O–H groups in total. The predicted octanol–water partition coefficient (Wildman–Crippen LogP) is -0.215. The third-order valence-electron chi connectivity index (χ3n) is 6.79. The monoisotopic (exact) mass is 411 g/mol. The summed E-state index contributed by atoms with van der Waals surface area (Å²) >= 11 is 0. The molecule has 3 fully saturated rings. The van der Waals surface area contributed by atoms with Gasteiger partial charge in [-0.05, 0) is 23.5 Å². The van der Waals surface area contributed by atoms with Crippen molar-refractivity contribution in [3.8, 4) is 0 Å². The van der Waals surface area contributed by atoms with E-state index >= 15 is 0 Å². The maximum Gasteiger partial charge on any atom is 0.255 e. The van der Waals surface area contributed by atoms with E-state index in [9.17, 15) is 14.4 Å². The zero-order chi connectivity index (χ0) is 20.7. The molecule has 160 valence electrons. The zero-order valence-electron chi connectivity index (χ0n) is 17.2. The number of benzene rings is 1. The number of nitrogens with zero attached hydrogens (tertiary/aromatic N) is 3. The summed E-state index contributed by atoms with van der Waals surface area (Å²) in [5.74, 6) is 0.0187. The summed E-state index contributed by atoms with van der Waals surface area (Å²) < 4.78 is 0. The Labute approximate surface area is 176 Å². The van der Waals surface area contributed by atoms with Crippen LogP contribution >= 0.6 is 0 Å². The number of piperazine rings is 1. The molecule has 1 unspecified atom stereocenters. The van der Waals surface area contributed by atoms with Gasteiger partial charge in [-0.25, -0.2) is 0 Å². The van der Waals surface area contributed by atoms with Gasteiger partial charge in [0.15, 0.2) is 0 Å². The van der Waals surface area contributed by atoms with Gasteiger partial charge in [0.2, 0.25) is 11.8 Å². The molecule has 0 bridgehead atoms. The number of carbonyl (C=O) groups excluding carboxylic acids is 3. The Bertz CT molecular complexity index is 860. The fourth-order valence-electron chi connectivity index (χ4n) is 5.24. The number of rotatable bonds is 5. The van der Waals surface area contributed by atoms with Crippen molar-refractivity contribution in [3.63, 3.8) is 0 Å². The summed E-state index contributed by atoms with van der Waals surface area (Å²) in [6.45, 7) is 8.94. The van der Waals surface area contributed by atoms with Crippen LogP contribution in [0, 0.1) is 5.92 Å². The molecule has 0 aromatic heterocycles. The highest BCUT2D eigenvalue weighted by atomic mass is 16.2. The lowest BCUT2D eigenvalue weighted by molar-refractivity contribution is -0.136. The van der Waals surface area contributed by atoms with Crippen LogP contribution in [0.15, 0.2) is 18.2 Å². The summed E-state index contributed by atoms with van der Waals surface area (Å²) in [6, 6.07) is 5.47. The molecule has 1 atom stereocenters. The highest BCUT2D eigenvalue weighted by Crippen LogP contribution is 2.31. The van der Waals surface area contributed by atoms with Crippen LogP contribution in [0.2, 0.25) is 0 Å². The van der Waals surface area contributed by atoms with Crippen molar-refractivity contribution in [1.29, 1.82) is 0 Å². The smallest absolute Gasteiger partial charge is 0.255 e. The fraction of sp³-hybridized carbons (Fsp3) is 0.591. The SMILES string of the molecule is O=C1CCC(N2Cc3cccc(CN4CC(CN5CCNCC5)C4)c3C2=O)C(=O)N1. The van der Waals surface area contributed by atoms with E-state index in [0.717, 1.165) is 69.0 Å². The minimum absolute atomic E-state index is 0.0759. The first-order valence-electron chi connectivity index (χ1n) is 11.0. The van der Waals surface area contributed by atoms with Crippen LogP contribution in [0.1, 0.15) is 34.3 Å². The number of piperidine rings is 1. The van der Waals surface area contributed by atoms with Crippen LogP contribution < -0.4 is 10.6 Å². The molecule has 3 amide bonds. The summed E-state index contributed by atoms with van der Waals surface area (Å²) in [6.07, 6.45) is 0.686. The minimum atomic E-state index is -0.553. The molecule has 3 saturated heterocycles. The quantitative estimate of drug-likeness (QED) is 0.652. The lowest BCUT2D eigenvalue weighted by Gasteiger charge is -2.42. The molecule has 0 spiro atoms. The predicted molar refractivity (Wildman–Crippen MR) is 111 cm³/mol. The van der Waals surface area contributed by atoms with Gasteiger partial charge in [-0.15, -0.1) is 0 Å². The van der Waals surface area contributed by atoms with E-state index in [1.807, 2.05) is 18.2 Å². The summed E-state index contributed by atoms with van der Waals surface area (Å²) in [7, 11) is 0. The number of amides is 3. The Kier molecular flexibility index (Phi) is 5.30. The molecule has 8 heteroatoms. The molecule has 0 aliphatic carbocycles. The number of fused-ring (bicyclic) bond motifs is 1. The van der Waals surface area contributed by atoms with Crippen LogP contribution in [-0.4, -0.2) is 84.3 Å². The molecule has 4 heterocycles. The van der Waals surface area contributed by atoms with E-state index in [4.69, 9.17) is 0 Å². The maximum atomic E-state index is 13.2. The molecule has 4 aliphatic rings. The molecule has 0 saturated carbocycles. The first-order chi connectivity index (χ1) is 14.6. The van der Waals surface area contributed by atoms with E-state index in [1.54, 1.807) is 4.90 Å². The van der Waals surface area contributed by atoms with Gasteiger partial charge in [-0.1, -0.05) is 18.2 Å². The second kappa shape index (κ2) is 8.09. The van der Waals surface area contributed by atoms with E-state index in [-0.39, 0.29) is 24.1 Å². The van der Waals surface area contributed by atoms with E-state index < -0.39 is 6.04 Å². The number of likely N-dealkylation sites (tertiary alicyclic amines) is 1. The number of imide groups is 1. The Morgan fingerprint density at radius 1 is 1.03 bits per heavy atom. The molecule has 30 heavy (non-hydrogen) atoms. The molecular formula is C22H29N5O3. The summed E-state index contributed by atoms with van der Waals surface area (Å²) in [5, 5.41) is 5.76. The normalized spacial score (nSPS) is 25.9. The van der Waals surface area contributed by atoms with Gasteiger partial charge in [-0.2, -0.15) is 0 Å². The van der Waals surface area contributed by atoms with Crippen LogP contribution in [0.25, 0.3) is 0 Å². The average Bonchev–Trinajstić information content (AvgIpc) is 3.04. The van der Waals surface area contributed by atoms with Gasteiger partial charge < -0.3 is 15.1 Å². The largest absolute Gasteiger partial charge is 0.322 e. The Morgan fingerprint density at radius 3 is 2.60 bits per heavy atom. The Hall–Kier alpha value is -2.29. The van der Waals surface area contributed by atoms with Crippen molar-refractivity contribution in [3.05, 3.63) is 34.9 Å². The lowest BCUT2D eigenvalue weighted by atomic mass is 9.96. The van der Waals surface area contributed by atoms with Crippen LogP contribution in [0.5, 0.6) is 0 Å². The maximum absolute atomic E-state index is 13.2. The molecule has 8 nitrogen and oxygen atoms in total. The number of carbonyl (C=O) groups is 3. The second-order valence-corrected chi connectivity index (χ2v) is 8.96. The van der Waals surface area contributed by atoms with Crippen LogP contribution in [-0.2, 0) is 22.7 Å². The first kappa shape index (κ1) is 19.7. The fourth-order valence-corrected chi connectivity index (χ4v) is 5.24. The number of nitrogens with one attached hydrogen (secondary N) is 2. The number of hydrogen-bond donors (Lipinski definition) is 2. The van der Waals surface area contributed by atoms with Gasteiger partial charge in [0.05, 0.1) is 0 Å². The van der Waals surface area contributed by atoms with Crippen molar-refractivity contribution in [2.45, 2.75) is 32.0 Å².